The van der Waals surface area contributed by atoms with E-state index in [9.17, 15) is 4.79 Å². The van der Waals surface area contributed by atoms with Gasteiger partial charge < -0.3 is 19.5 Å². The number of benzene rings is 2. The average Bonchev–Trinajstić information content (AvgIpc) is 3.07. The Bertz CT molecular complexity index is 1020. The summed E-state index contributed by atoms with van der Waals surface area (Å²) in [6.07, 6.45) is 1.81. The number of amides is 1. The first-order chi connectivity index (χ1) is 15.1. The van der Waals surface area contributed by atoms with Crippen molar-refractivity contribution in [1.29, 1.82) is 0 Å². The molecule has 0 radical (unpaired) electrons. The summed E-state index contributed by atoms with van der Waals surface area (Å²) in [6.45, 7) is 4.01. The van der Waals surface area contributed by atoms with E-state index >= 15 is 0 Å². The van der Waals surface area contributed by atoms with E-state index in [0.717, 1.165) is 49.7 Å². The first-order valence-corrected chi connectivity index (χ1v) is 10.5. The highest BCUT2D eigenvalue weighted by Gasteiger charge is 2.33. The lowest BCUT2D eigenvalue weighted by atomic mass is 10.1. The Hall–Kier alpha value is -2.94. The average molecular weight is 440 g/mol. The van der Waals surface area contributed by atoms with Crippen molar-refractivity contribution in [2.24, 2.45) is 0 Å². The normalized spacial score (nSPS) is 18.4. The van der Waals surface area contributed by atoms with Crippen molar-refractivity contribution in [3.05, 3.63) is 59.3 Å². The van der Waals surface area contributed by atoms with E-state index in [4.69, 9.17) is 26.4 Å². The van der Waals surface area contributed by atoms with Crippen LogP contribution in [-0.4, -0.2) is 56.4 Å². The van der Waals surface area contributed by atoms with Crippen molar-refractivity contribution >= 4 is 35.0 Å². The van der Waals surface area contributed by atoms with Crippen LogP contribution < -0.4 is 19.7 Å². The molecule has 0 saturated carbocycles. The van der Waals surface area contributed by atoms with Crippen LogP contribution >= 0.6 is 12.2 Å². The standard InChI is InChI=1S/C23H25N3O4S/c1-28-20-8-7-16(13-17(20)15-25-9-11-30-12-10-25)14-18-22(27)26(23(31)24-18)19-5-3-4-6-21(19)29-2/h3-8,13-14H,9-12,15H2,1-2H3,(H,24,31)/b18-14+. The molecule has 2 heterocycles. The molecule has 7 nitrogen and oxygen atoms in total. The lowest BCUT2D eigenvalue weighted by Crippen LogP contribution is -2.35. The van der Waals surface area contributed by atoms with Crippen LogP contribution in [0, 0.1) is 0 Å². The predicted molar refractivity (Wildman–Crippen MR) is 123 cm³/mol. The molecule has 2 aliphatic rings. The number of nitrogens with one attached hydrogen (secondary N) is 1. The Morgan fingerprint density at radius 1 is 1.10 bits per heavy atom. The molecular formula is C23H25N3O4S. The van der Waals surface area contributed by atoms with Crippen LogP contribution in [0.4, 0.5) is 5.69 Å². The van der Waals surface area contributed by atoms with E-state index in [1.165, 1.54) is 4.90 Å². The molecular weight excluding hydrogens is 414 g/mol. The zero-order valence-electron chi connectivity index (χ0n) is 17.6. The number of carbonyl (C=O) groups is 1. The first-order valence-electron chi connectivity index (χ1n) is 10.1. The second kappa shape index (κ2) is 9.47. The molecule has 31 heavy (non-hydrogen) atoms. The number of anilines is 1. The largest absolute Gasteiger partial charge is 0.496 e. The molecule has 8 heteroatoms. The number of thiocarbonyl (C=S) groups is 1. The number of morpholine rings is 1. The SMILES string of the molecule is COc1ccc(/C=C2/NC(=S)N(c3ccccc3OC)C2=O)cc1CN1CCOCC1. The maximum Gasteiger partial charge on any atom is 0.281 e. The van der Waals surface area contributed by atoms with Crippen LogP contribution in [-0.2, 0) is 16.1 Å². The molecule has 2 saturated heterocycles. The van der Waals surface area contributed by atoms with Crippen LogP contribution in [0.1, 0.15) is 11.1 Å². The number of hydrogen-bond acceptors (Lipinski definition) is 6. The van der Waals surface area contributed by atoms with Gasteiger partial charge in [0, 0.05) is 25.2 Å². The van der Waals surface area contributed by atoms with Crippen LogP contribution in [0.3, 0.4) is 0 Å². The predicted octanol–water partition coefficient (Wildman–Crippen LogP) is 2.80. The van der Waals surface area contributed by atoms with Gasteiger partial charge in [0.2, 0.25) is 0 Å². The fraction of sp³-hybridized carbons (Fsp3) is 0.304. The molecule has 0 spiro atoms. The van der Waals surface area contributed by atoms with Crippen molar-refractivity contribution in [3.8, 4) is 11.5 Å². The highest BCUT2D eigenvalue weighted by atomic mass is 32.1. The summed E-state index contributed by atoms with van der Waals surface area (Å²) >= 11 is 5.43. The summed E-state index contributed by atoms with van der Waals surface area (Å²) in [7, 11) is 3.24. The van der Waals surface area contributed by atoms with E-state index in [1.54, 1.807) is 20.3 Å². The van der Waals surface area contributed by atoms with Gasteiger partial charge in [-0.3, -0.25) is 9.69 Å². The van der Waals surface area contributed by atoms with Crippen molar-refractivity contribution < 1.29 is 19.0 Å². The fourth-order valence-corrected chi connectivity index (χ4v) is 4.04. The van der Waals surface area contributed by atoms with Crippen molar-refractivity contribution in [2.45, 2.75) is 6.54 Å². The number of methoxy groups -OCH3 is 2. The summed E-state index contributed by atoms with van der Waals surface area (Å²) in [5.41, 5.74) is 2.98. The molecule has 0 unspecified atom stereocenters. The monoisotopic (exact) mass is 439 g/mol. The first kappa shape index (κ1) is 21.3. The van der Waals surface area contributed by atoms with E-state index < -0.39 is 0 Å². The van der Waals surface area contributed by atoms with Gasteiger partial charge in [0.15, 0.2) is 5.11 Å². The lowest BCUT2D eigenvalue weighted by Gasteiger charge is -2.27. The zero-order chi connectivity index (χ0) is 21.8. The smallest absolute Gasteiger partial charge is 0.281 e. The molecule has 4 rings (SSSR count). The minimum atomic E-state index is -0.222. The summed E-state index contributed by atoms with van der Waals surface area (Å²) < 4.78 is 16.4. The van der Waals surface area contributed by atoms with Crippen molar-refractivity contribution in [2.75, 3.05) is 45.4 Å². The number of ether oxygens (including phenoxy) is 3. The molecule has 162 valence electrons. The molecule has 2 aromatic carbocycles. The second-order valence-corrected chi connectivity index (χ2v) is 7.65. The van der Waals surface area contributed by atoms with Crippen molar-refractivity contribution in [1.82, 2.24) is 10.2 Å². The topological polar surface area (TPSA) is 63.3 Å². The van der Waals surface area contributed by atoms with Crippen LogP contribution in [0.25, 0.3) is 6.08 Å². The summed E-state index contributed by atoms with van der Waals surface area (Å²) in [5.74, 6) is 1.18. The molecule has 2 aromatic rings. The van der Waals surface area contributed by atoms with Gasteiger partial charge in [0.25, 0.3) is 5.91 Å². The van der Waals surface area contributed by atoms with Gasteiger partial charge in [-0.2, -0.15) is 0 Å². The molecule has 2 aliphatic heterocycles. The molecule has 0 bridgehead atoms. The van der Waals surface area contributed by atoms with Crippen LogP contribution in [0.15, 0.2) is 48.2 Å². The Morgan fingerprint density at radius 2 is 1.84 bits per heavy atom. The Balaban J connectivity index is 1.60. The Morgan fingerprint density at radius 3 is 2.58 bits per heavy atom. The number of rotatable bonds is 6. The van der Waals surface area contributed by atoms with Crippen LogP contribution in [0.5, 0.6) is 11.5 Å². The molecule has 0 atom stereocenters. The summed E-state index contributed by atoms with van der Waals surface area (Å²) in [6, 6.07) is 13.2. The van der Waals surface area contributed by atoms with Gasteiger partial charge >= 0.3 is 0 Å². The third-order valence-electron chi connectivity index (χ3n) is 5.32. The van der Waals surface area contributed by atoms with Gasteiger partial charge in [0.1, 0.15) is 17.2 Å². The highest BCUT2D eigenvalue weighted by Crippen LogP contribution is 2.31. The van der Waals surface area contributed by atoms with Crippen molar-refractivity contribution in [3.63, 3.8) is 0 Å². The molecule has 1 N–H and O–H groups in total. The molecule has 1 amide bonds. The van der Waals surface area contributed by atoms with Gasteiger partial charge in [-0.05, 0) is 48.1 Å². The summed E-state index contributed by atoms with van der Waals surface area (Å²) in [4.78, 5) is 16.9. The van der Waals surface area contributed by atoms with E-state index in [1.807, 2.05) is 42.5 Å². The van der Waals surface area contributed by atoms with E-state index in [0.29, 0.717) is 22.2 Å². The molecule has 0 aromatic heterocycles. The zero-order valence-corrected chi connectivity index (χ0v) is 18.4. The minimum absolute atomic E-state index is 0.222. The minimum Gasteiger partial charge on any atom is -0.496 e. The third kappa shape index (κ3) is 4.56. The number of nitrogens with zero attached hydrogens (tertiary/aromatic N) is 2. The second-order valence-electron chi connectivity index (χ2n) is 7.26. The number of carbonyl (C=O) groups excluding carboxylic acids is 1. The van der Waals surface area contributed by atoms with Gasteiger partial charge in [-0.1, -0.05) is 18.2 Å². The molecule has 0 aliphatic carbocycles. The highest BCUT2D eigenvalue weighted by molar-refractivity contribution is 7.80. The Labute approximate surface area is 187 Å². The van der Waals surface area contributed by atoms with E-state index in [-0.39, 0.29) is 5.91 Å². The fourth-order valence-electron chi connectivity index (χ4n) is 3.75. The lowest BCUT2D eigenvalue weighted by molar-refractivity contribution is -0.113. The maximum absolute atomic E-state index is 13.1. The van der Waals surface area contributed by atoms with E-state index in [2.05, 4.69) is 10.2 Å². The quantitative estimate of drug-likeness (QED) is 0.549. The number of hydrogen-bond donors (Lipinski definition) is 1. The Kier molecular flexibility index (Phi) is 6.50. The summed E-state index contributed by atoms with van der Waals surface area (Å²) in [5, 5.41) is 3.36. The van der Waals surface area contributed by atoms with Crippen LogP contribution in [0.2, 0.25) is 0 Å². The van der Waals surface area contributed by atoms with Gasteiger partial charge in [-0.25, -0.2) is 4.90 Å². The third-order valence-corrected chi connectivity index (χ3v) is 5.60. The van der Waals surface area contributed by atoms with Gasteiger partial charge in [0.05, 0.1) is 33.1 Å². The number of para-hydroxylation sites is 2. The molecule has 2 fully saturated rings. The maximum atomic E-state index is 13.1. The van der Waals surface area contributed by atoms with Gasteiger partial charge in [-0.15, -0.1) is 0 Å².